The van der Waals surface area contributed by atoms with E-state index in [9.17, 15) is 14.4 Å². The van der Waals surface area contributed by atoms with Gasteiger partial charge in [0.1, 0.15) is 12.1 Å². The molecule has 7 nitrogen and oxygen atoms in total. The van der Waals surface area contributed by atoms with Crippen molar-refractivity contribution in [3.05, 3.63) is 71.8 Å². The number of carbonyl (C=O) groups is 3. The highest BCUT2D eigenvalue weighted by molar-refractivity contribution is 6.08. The molecule has 7 heteroatoms. The predicted octanol–water partition coefficient (Wildman–Crippen LogP) is 0.200. The summed E-state index contributed by atoms with van der Waals surface area (Å²) in [5.74, 6) is -0.906. The first-order valence-corrected chi connectivity index (χ1v) is 8.77. The maximum Gasteiger partial charge on any atom is 0.344 e. The average molecular weight is 367 g/mol. The van der Waals surface area contributed by atoms with Gasteiger partial charge in [-0.25, -0.2) is 4.79 Å². The van der Waals surface area contributed by atoms with E-state index in [4.69, 9.17) is 0 Å². The van der Waals surface area contributed by atoms with Gasteiger partial charge in [0.15, 0.2) is 6.54 Å². The van der Waals surface area contributed by atoms with Crippen molar-refractivity contribution in [1.29, 1.82) is 0 Å². The Balaban J connectivity index is 1.62. The number of imide groups is 1. The van der Waals surface area contributed by atoms with E-state index >= 15 is 0 Å². The quantitative estimate of drug-likeness (QED) is 0.638. The van der Waals surface area contributed by atoms with Gasteiger partial charge in [0.2, 0.25) is 0 Å². The topological polar surface area (TPSA) is 82.9 Å². The van der Waals surface area contributed by atoms with E-state index in [1.54, 1.807) is 31.2 Å². The van der Waals surface area contributed by atoms with Gasteiger partial charge in [-0.1, -0.05) is 60.7 Å². The minimum Gasteiger partial charge on any atom is -0.326 e. The minimum atomic E-state index is -1.20. The van der Waals surface area contributed by atoms with Crippen LogP contribution in [0.1, 0.15) is 18.1 Å². The maximum absolute atomic E-state index is 12.8. The Morgan fingerprint density at radius 2 is 1.67 bits per heavy atom. The van der Waals surface area contributed by atoms with Gasteiger partial charge < -0.3 is 10.2 Å². The number of nitrogens with one attached hydrogen (secondary N) is 3. The van der Waals surface area contributed by atoms with Crippen molar-refractivity contribution in [3.63, 3.8) is 0 Å². The Morgan fingerprint density at radius 1 is 1.07 bits per heavy atom. The Morgan fingerprint density at radius 3 is 2.30 bits per heavy atom. The number of rotatable bonds is 6. The van der Waals surface area contributed by atoms with Crippen molar-refractivity contribution in [3.8, 4) is 0 Å². The van der Waals surface area contributed by atoms with E-state index in [1.165, 1.54) is 0 Å². The van der Waals surface area contributed by atoms with Crippen molar-refractivity contribution >= 4 is 17.8 Å². The lowest BCUT2D eigenvalue weighted by molar-refractivity contribution is -0.885. The van der Waals surface area contributed by atoms with Gasteiger partial charge in [-0.05, 0) is 12.5 Å². The molecule has 3 rings (SSSR count). The molecule has 140 valence electrons. The highest BCUT2D eigenvalue weighted by atomic mass is 16.2. The van der Waals surface area contributed by atoms with Crippen LogP contribution in [0.4, 0.5) is 4.79 Å². The summed E-state index contributed by atoms with van der Waals surface area (Å²) >= 11 is 0. The molecule has 1 saturated heterocycles. The van der Waals surface area contributed by atoms with Gasteiger partial charge in [0.25, 0.3) is 11.8 Å². The van der Waals surface area contributed by atoms with Crippen LogP contribution in [0, 0.1) is 0 Å². The molecule has 0 aliphatic carbocycles. The lowest BCUT2D eigenvalue weighted by atomic mass is 9.92. The van der Waals surface area contributed by atoms with E-state index in [0.29, 0.717) is 12.1 Å². The molecule has 27 heavy (non-hydrogen) atoms. The van der Waals surface area contributed by atoms with E-state index in [1.807, 2.05) is 43.4 Å². The zero-order valence-electron chi connectivity index (χ0n) is 15.4. The number of quaternary nitrogens is 1. The molecule has 1 aliphatic rings. The van der Waals surface area contributed by atoms with Crippen LogP contribution in [0.2, 0.25) is 0 Å². The van der Waals surface area contributed by atoms with Crippen LogP contribution in [0.5, 0.6) is 0 Å². The van der Waals surface area contributed by atoms with Crippen LogP contribution < -0.4 is 15.6 Å². The Bertz CT molecular complexity index is 841. The Kier molecular flexibility index (Phi) is 5.23. The first kappa shape index (κ1) is 18.6. The molecular formula is C20H23N4O3+. The largest absolute Gasteiger partial charge is 0.344 e. The molecule has 2 atom stereocenters. The van der Waals surface area contributed by atoms with Crippen LogP contribution in [0.25, 0.3) is 0 Å². The van der Waals surface area contributed by atoms with Gasteiger partial charge in [-0.2, -0.15) is 5.01 Å². The molecule has 0 radical (unpaired) electrons. The zero-order valence-corrected chi connectivity index (χ0v) is 15.4. The number of carbonyl (C=O) groups excluding carboxylic acids is 3. The second kappa shape index (κ2) is 7.59. The van der Waals surface area contributed by atoms with Crippen molar-refractivity contribution in [2.45, 2.75) is 19.0 Å². The maximum atomic E-state index is 12.8. The first-order valence-electron chi connectivity index (χ1n) is 8.77. The Hall–Kier alpha value is -3.19. The fraction of sp³-hybridized carbons (Fsp3) is 0.250. The number of hydrogen-bond acceptors (Lipinski definition) is 3. The number of nitrogens with zero attached hydrogens (tertiary/aromatic N) is 1. The van der Waals surface area contributed by atoms with E-state index in [0.717, 1.165) is 15.5 Å². The standard InChI is InChI=1S/C20H22N4O3/c1-20(16-11-7-4-8-12-16)18(26)24(19(27)21-20)22-17(25)14-23(2)13-15-9-5-3-6-10-15/h3-12H,13-14H2,1-2H3,(H,21,27)(H,22,25)/p+1/t20-/m1/s1. The highest BCUT2D eigenvalue weighted by Gasteiger charge is 2.50. The summed E-state index contributed by atoms with van der Waals surface area (Å²) in [6.45, 7) is 2.42. The van der Waals surface area contributed by atoms with E-state index in [2.05, 4.69) is 10.7 Å². The predicted molar refractivity (Wildman–Crippen MR) is 99.2 cm³/mol. The molecule has 0 aromatic heterocycles. The highest BCUT2D eigenvalue weighted by Crippen LogP contribution is 2.27. The third-order valence-corrected chi connectivity index (χ3v) is 4.59. The van der Waals surface area contributed by atoms with Gasteiger partial charge in [-0.3, -0.25) is 15.0 Å². The number of likely N-dealkylation sites (N-methyl/N-ethyl adjacent to an activating group) is 1. The smallest absolute Gasteiger partial charge is 0.326 e. The number of amides is 4. The van der Waals surface area contributed by atoms with E-state index < -0.39 is 23.4 Å². The molecule has 0 spiro atoms. The molecule has 0 saturated carbocycles. The summed E-state index contributed by atoms with van der Waals surface area (Å²) in [7, 11) is 1.88. The number of benzene rings is 2. The number of hydrogen-bond donors (Lipinski definition) is 3. The second-order valence-corrected chi connectivity index (χ2v) is 6.89. The van der Waals surface area contributed by atoms with Crippen molar-refractivity contribution < 1.29 is 19.3 Å². The number of urea groups is 1. The van der Waals surface area contributed by atoms with Crippen LogP contribution >= 0.6 is 0 Å². The normalized spacial score (nSPS) is 20.3. The minimum absolute atomic E-state index is 0.133. The fourth-order valence-corrected chi connectivity index (χ4v) is 3.15. The molecule has 1 fully saturated rings. The summed E-state index contributed by atoms with van der Waals surface area (Å²) < 4.78 is 0. The SMILES string of the molecule is C[NH+](CC(=O)NN1C(=O)N[C@](C)(c2ccccc2)C1=O)Cc1ccccc1. The number of hydrazine groups is 1. The molecule has 1 unspecified atom stereocenters. The summed E-state index contributed by atoms with van der Waals surface area (Å²) in [5, 5.41) is 3.43. The average Bonchev–Trinajstić information content (AvgIpc) is 2.87. The van der Waals surface area contributed by atoms with Crippen LogP contribution in [0.3, 0.4) is 0 Å². The zero-order chi connectivity index (χ0) is 19.4. The summed E-state index contributed by atoms with van der Waals surface area (Å²) in [4.78, 5) is 38.3. The molecule has 3 N–H and O–H groups in total. The van der Waals surface area contributed by atoms with Gasteiger partial charge >= 0.3 is 6.03 Å². The van der Waals surface area contributed by atoms with Crippen molar-refractivity contribution in [2.75, 3.05) is 13.6 Å². The van der Waals surface area contributed by atoms with Gasteiger partial charge in [-0.15, -0.1) is 0 Å². The first-order chi connectivity index (χ1) is 12.9. The summed E-state index contributed by atoms with van der Waals surface area (Å²) in [5.41, 5.74) is 3.00. The third kappa shape index (κ3) is 3.98. The fourth-order valence-electron chi connectivity index (χ4n) is 3.15. The van der Waals surface area contributed by atoms with Gasteiger partial charge in [0.05, 0.1) is 7.05 Å². The van der Waals surface area contributed by atoms with Crippen molar-refractivity contribution in [1.82, 2.24) is 15.8 Å². The molecule has 2 aromatic rings. The summed E-state index contributed by atoms with van der Waals surface area (Å²) in [6.07, 6.45) is 0. The Labute approximate surface area is 157 Å². The third-order valence-electron chi connectivity index (χ3n) is 4.59. The lowest BCUT2D eigenvalue weighted by Crippen LogP contribution is -3.09. The van der Waals surface area contributed by atoms with Crippen LogP contribution in [-0.4, -0.2) is 36.4 Å². The van der Waals surface area contributed by atoms with Crippen LogP contribution in [0.15, 0.2) is 60.7 Å². The molecule has 0 bridgehead atoms. The van der Waals surface area contributed by atoms with Gasteiger partial charge in [0, 0.05) is 5.56 Å². The molecule has 1 heterocycles. The molecule has 2 aromatic carbocycles. The van der Waals surface area contributed by atoms with E-state index in [-0.39, 0.29) is 6.54 Å². The lowest BCUT2D eigenvalue weighted by Gasteiger charge is -2.22. The second-order valence-electron chi connectivity index (χ2n) is 6.89. The summed E-state index contributed by atoms with van der Waals surface area (Å²) in [6, 6.07) is 18.1. The molecule has 1 aliphatic heterocycles. The monoisotopic (exact) mass is 367 g/mol. The molecule has 4 amide bonds. The van der Waals surface area contributed by atoms with Crippen LogP contribution in [-0.2, 0) is 21.7 Å². The molecular weight excluding hydrogens is 344 g/mol. The van der Waals surface area contributed by atoms with Crippen molar-refractivity contribution in [2.24, 2.45) is 0 Å².